The minimum Gasteiger partial charge on any atom is -0.487 e. The third-order valence-electron chi connectivity index (χ3n) is 2.80. The number of rotatable bonds is 4. The normalized spacial score (nSPS) is 10.9. The number of ether oxygens (including phenoxy) is 1. The van der Waals surface area contributed by atoms with Crippen LogP contribution in [0.25, 0.3) is 0 Å². The number of aliphatic hydroxyl groups is 1. The summed E-state index contributed by atoms with van der Waals surface area (Å²) in [4.78, 5) is 0. The van der Waals surface area contributed by atoms with Crippen molar-refractivity contribution in [1.29, 1.82) is 0 Å². The zero-order valence-electron chi connectivity index (χ0n) is 12.6. The molecule has 0 radical (unpaired) electrons. The van der Waals surface area contributed by atoms with E-state index in [4.69, 9.17) is 9.84 Å². The highest BCUT2D eigenvalue weighted by Crippen LogP contribution is 2.24. The fourth-order valence-electron chi connectivity index (χ4n) is 1.65. The maximum atomic E-state index is 9.03. The summed E-state index contributed by atoms with van der Waals surface area (Å²) in [7, 11) is -1.37. The first kappa shape index (κ1) is 15.8. The molecule has 4 heteroatoms. The molecule has 0 saturated carbocycles. The fourth-order valence-corrected chi connectivity index (χ4v) is 2.85. The van der Waals surface area contributed by atoms with Gasteiger partial charge < -0.3 is 9.84 Å². The molecule has 1 aromatic heterocycles. The zero-order chi connectivity index (χ0) is 15.3. The minimum atomic E-state index is -1.37. The monoisotopic (exact) mass is 316 g/mol. The van der Waals surface area contributed by atoms with Crippen molar-refractivity contribution in [3.05, 3.63) is 51.7 Å². The molecular weight excluding hydrogens is 296 g/mol. The molecule has 110 valence electrons. The molecule has 2 nitrogen and oxygen atoms in total. The topological polar surface area (TPSA) is 29.5 Å². The van der Waals surface area contributed by atoms with Gasteiger partial charge in [-0.25, -0.2) is 0 Å². The highest BCUT2D eigenvalue weighted by molar-refractivity contribution is 7.08. The van der Waals surface area contributed by atoms with Gasteiger partial charge in [0, 0.05) is 10.8 Å². The second-order valence-corrected chi connectivity index (χ2v) is 11.4. The van der Waals surface area contributed by atoms with E-state index in [0.29, 0.717) is 6.61 Å². The number of hydrogen-bond donors (Lipinski definition) is 1. The minimum absolute atomic E-state index is 0.0715. The van der Waals surface area contributed by atoms with Crippen molar-refractivity contribution < 1.29 is 9.84 Å². The average Bonchev–Trinajstić information content (AvgIpc) is 2.90. The van der Waals surface area contributed by atoms with Crippen molar-refractivity contribution in [2.75, 3.05) is 0 Å². The largest absolute Gasteiger partial charge is 0.487 e. The third-order valence-corrected chi connectivity index (χ3v) is 4.40. The highest BCUT2D eigenvalue weighted by Gasteiger charge is 2.09. The summed E-state index contributed by atoms with van der Waals surface area (Å²) in [5.41, 5.74) is 6.35. The summed E-state index contributed by atoms with van der Waals surface area (Å²) < 4.78 is 5.86. The summed E-state index contributed by atoms with van der Waals surface area (Å²) in [5.74, 6) is 4.11. The van der Waals surface area contributed by atoms with Crippen molar-refractivity contribution in [2.24, 2.45) is 0 Å². The van der Waals surface area contributed by atoms with E-state index in [-0.39, 0.29) is 6.61 Å². The molecule has 0 atom stereocenters. The lowest BCUT2D eigenvalue weighted by molar-refractivity contribution is 0.281. The Balaban J connectivity index is 2.03. The SMILES string of the molecule is C[Si](C)(C)C#Cc1cscc1OCc1ccc(CO)cc1. The van der Waals surface area contributed by atoms with E-state index in [1.54, 1.807) is 11.3 Å². The molecule has 0 aliphatic heterocycles. The van der Waals surface area contributed by atoms with E-state index in [2.05, 4.69) is 31.1 Å². The lowest BCUT2D eigenvalue weighted by Crippen LogP contribution is -2.16. The molecular formula is C17H20O2SSi. The van der Waals surface area contributed by atoms with Gasteiger partial charge >= 0.3 is 0 Å². The summed E-state index contributed by atoms with van der Waals surface area (Å²) >= 11 is 1.61. The first-order chi connectivity index (χ1) is 9.98. The Morgan fingerprint density at radius 3 is 2.38 bits per heavy atom. The molecule has 21 heavy (non-hydrogen) atoms. The molecule has 0 aliphatic rings. The van der Waals surface area contributed by atoms with Gasteiger partial charge in [0.2, 0.25) is 0 Å². The number of hydrogen-bond acceptors (Lipinski definition) is 3. The second-order valence-electron chi connectivity index (χ2n) is 5.91. The molecule has 0 amide bonds. The molecule has 2 aromatic rings. The molecule has 1 N–H and O–H groups in total. The molecule has 0 saturated heterocycles. The van der Waals surface area contributed by atoms with E-state index in [1.807, 2.05) is 35.0 Å². The number of aliphatic hydroxyl groups excluding tert-OH is 1. The maximum Gasteiger partial charge on any atom is 0.146 e. The van der Waals surface area contributed by atoms with Crippen LogP contribution in [0.1, 0.15) is 16.7 Å². The van der Waals surface area contributed by atoms with Crippen molar-refractivity contribution in [3.63, 3.8) is 0 Å². The molecule has 1 aromatic carbocycles. The molecule has 1 heterocycles. The Hall–Kier alpha value is -1.54. The van der Waals surface area contributed by atoms with Crippen LogP contribution in [-0.4, -0.2) is 13.2 Å². The Bertz CT molecular complexity index is 642. The van der Waals surface area contributed by atoms with Crippen LogP contribution in [0.15, 0.2) is 35.0 Å². The first-order valence-electron chi connectivity index (χ1n) is 6.89. The smallest absolute Gasteiger partial charge is 0.146 e. The lowest BCUT2D eigenvalue weighted by Gasteiger charge is -2.06. The van der Waals surface area contributed by atoms with Gasteiger partial charge in [-0.15, -0.1) is 16.9 Å². The zero-order valence-corrected chi connectivity index (χ0v) is 14.5. The highest BCUT2D eigenvalue weighted by atomic mass is 32.1. The van der Waals surface area contributed by atoms with Gasteiger partial charge in [-0.1, -0.05) is 49.8 Å². The van der Waals surface area contributed by atoms with E-state index in [9.17, 15) is 0 Å². The van der Waals surface area contributed by atoms with Gasteiger partial charge in [0.05, 0.1) is 12.2 Å². The second kappa shape index (κ2) is 6.95. The molecule has 2 rings (SSSR count). The van der Waals surface area contributed by atoms with Crippen LogP contribution in [0.3, 0.4) is 0 Å². The van der Waals surface area contributed by atoms with Crippen molar-refractivity contribution >= 4 is 19.4 Å². The molecule has 0 fully saturated rings. The maximum absolute atomic E-state index is 9.03. The predicted octanol–water partition coefficient (Wildman–Crippen LogP) is 4.05. The molecule has 0 spiro atoms. The van der Waals surface area contributed by atoms with Crippen LogP contribution in [0.4, 0.5) is 0 Å². The summed E-state index contributed by atoms with van der Waals surface area (Å²) in [6.07, 6.45) is 0. The van der Waals surface area contributed by atoms with Gasteiger partial charge in [0.1, 0.15) is 20.4 Å². The van der Waals surface area contributed by atoms with Crippen LogP contribution in [-0.2, 0) is 13.2 Å². The van der Waals surface area contributed by atoms with Gasteiger partial charge in [-0.3, -0.25) is 0 Å². The van der Waals surface area contributed by atoms with E-state index in [1.165, 1.54) is 0 Å². The molecule has 0 bridgehead atoms. The van der Waals surface area contributed by atoms with Crippen LogP contribution in [0, 0.1) is 11.5 Å². The predicted molar refractivity (Wildman–Crippen MR) is 91.2 cm³/mol. The van der Waals surface area contributed by atoms with Crippen LogP contribution < -0.4 is 4.74 Å². The Kier molecular flexibility index (Phi) is 5.24. The van der Waals surface area contributed by atoms with Gasteiger partial charge in [0.25, 0.3) is 0 Å². The van der Waals surface area contributed by atoms with Crippen molar-refractivity contribution in [3.8, 4) is 17.2 Å². The van der Waals surface area contributed by atoms with Gasteiger partial charge in [0.15, 0.2) is 0 Å². The van der Waals surface area contributed by atoms with Gasteiger partial charge in [-0.2, -0.15) is 0 Å². The summed E-state index contributed by atoms with van der Waals surface area (Å²) in [5, 5.41) is 13.1. The van der Waals surface area contributed by atoms with E-state index in [0.717, 1.165) is 22.4 Å². The van der Waals surface area contributed by atoms with Crippen LogP contribution in [0.2, 0.25) is 19.6 Å². The number of thiophene rings is 1. The Labute approximate surface area is 131 Å². The summed E-state index contributed by atoms with van der Waals surface area (Å²) in [6, 6.07) is 7.78. The third kappa shape index (κ3) is 5.05. The lowest BCUT2D eigenvalue weighted by atomic mass is 10.1. The quantitative estimate of drug-likeness (QED) is 0.681. The molecule has 0 unspecified atom stereocenters. The van der Waals surface area contributed by atoms with Crippen LogP contribution in [0.5, 0.6) is 5.75 Å². The first-order valence-corrected chi connectivity index (χ1v) is 11.3. The Morgan fingerprint density at radius 2 is 1.76 bits per heavy atom. The summed E-state index contributed by atoms with van der Waals surface area (Å²) in [6.45, 7) is 7.28. The Morgan fingerprint density at radius 1 is 1.10 bits per heavy atom. The van der Waals surface area contributed by atoms with Crippen molar-refractivity contribution in [1.82, 2.24) is 0 Å². The molecule has 0 aliphatic carbocycles. The standard InChI is InChI=1S/C17H20O2SSi/c1-21(2,3)9-8-16-12-20-13-17(16)19-11-15-6-4-14(10-18)5-7-15/h4-7,12-13,18H,10-11H2,1-3H3. The average molecular weight is 316 g/mol. The van der Waals surface area contributed by atoms with Gasteiger partial charge in [-0.05, 0) is 11.1 Å². The van der Waals surface area contributed by atoms with Crippen LogP contribution >= 0.6 is 11.3 Å². The fraction of sp³-hybridized carbons (Fsp3) is 0.294. The number of benzene rings is 1. The van der Waals surface area contributed by atoms with E-state index >= 15 is 0 Å². The van der Waals surface area contributed by atoms with E-state index < -0.39 is 8.07 Å². The van der Waals surface area contributed by atoms with Crippen molar-refractivity contribution in [2.45, 2.75) is 32.9 Å².